The highest BCUT2D eigenvalue weighted by Crippen LogP contribution is 2.15. The summed E-state index contributed by atoms with van der Waals surface area (Å²) in [6.45, 7) is 7.33. The van der Waals surface area contributed by atoms with Crippen LogP contribution in [0.4, 0.5) is 0 Å². The van der Waals surface area contributed by atoms with E-state index < -0.39 is 6.10 Å². The molecule has 1 aromatic carbocycles. The van der Waals surface area contributed by atoms with Crippen LogP contribution in [-0.4, -0.2) is 78.1 Å². The number of piperidine rings is 1. The Hall–Kier alpha value is -1.43. The molecule has 3 rings (SSSR count). The molecule has 138 valence electrons. The maximum Gasteiger partial charge on any atom is 0.223 e. The molecule has 1 atom stereocenters. The monoisotopic (exact) mass is 345 g/mol. The Bertz CT molecular complexity index is 523. The van der Waals surface area contributed by atoms with E-state index in [0.717, 1.165) is 64.2 Å². The van der Waals surface area contributed by atoms with Crippen LogP contribution < -0.4 is 0 Å². The molecule has 5 heteroatoms. The molecule has 0 radical (unpaired) electrons. The zero-order valence-electron chi connectivity index (χ0n) is 15.1. The van der Waals surface area contributed by atoms with E-state index in [0.29, 0.717) is 18.9 Å². The Morgan fingerprint density at radius 2 is 1.56 bits per heavy atom. The minimum absolute atomic E-state index is 0.321. The van der Waals surface area contributed by atoms with Crippen molar-refractivity contribution in [2.45, 2.75) is 31.8 Å². The number of aliphatic hydroxyl groups is 1. The summed E-state index contributed by atoms with van der Waals surface area (Å²) in [7, 11) is 0. The number of carbonyl (C=O) groups is 1. The Kier molecular flexibility index (Phi) is 6.84. The number of benzene rings is 1. The topological polar surface area (TPSA) is 47.0 Å². The van der Waals surface area contributed by atoms with Gasteiger partial charge < -0.3 is 14.9 Å². The molecule has 1 aromatic rings. The SMILES string of the molecule is O=C(CCN1CCN(C[C@H](O)c2ccccc2)CC1)N1CCCCC1. The Morgan fingerprint density at radius 1 is 0.920 bits per heavy atom. The lowest BCUT2D eigenvalue weighted by molar-refractivity contribution is -0.132. The van der Waals surface area contributed by atoms with Crippen LogP contribution in [0.1, 0.15) is 37.4 Å². The molecular formula is C20H31N3O2. The minimum atomic E-state index is -0.423. The molecule has 2 saturated heterocycles. The Morgan fingerprint density at radius 3 is 2.24 bits per heavy atom. The van der Waals surface area contributed by atoms with Crippen molar-refractivity contribution in [3.63, 3.8) is 0 Å². The smallest absolute Gasteiger partial charge is 0.223 e. The van der Waals surface area contributed by atoms with Crippen molar-refractivity contribution in [1.82, 2.24) is 14.7 Å². The summed E-state index contributed by atoms with van der Waals surface area (Å²) >= 11 is 0. The molecule has 2 fully saturated rings. The lowest BCUT2D eigenvalue weighted by atomic mass is 10.1. The van der Waals surface area contributed by atoms with Gasteiger partial charge in [-0.15, -0.1) is 0 Å². The van der Waals surface area contributed by atoms with Gasteiger partial charge in [-0.05, 0) is 24.8 Å². The lowest BCUT2D eigenvalue weighted by Crippen LogP contribution is -2.48. The van der Waals surface area contributed by atoms with E-state index in [1.54, 1.807) is 0 Å². The summed E-state index contributed by atoms with van der Waals surface area (Å²) < 4.78 is 0. The van der Waals surface area contributed by atoms with Gasteiger partial charge >= 0.3 is 0 Å². The number of rotatable bonds is 6. The highest BCUT2D eigenvalue weighted by Gasteiger charge is 2.22. The fraction of sp³-hybridized carbons (Fsp3) is 0.650. The van der Waals surface area contributed by atoms with Crippen molar-refractivity contribution in [2.24, 2.45) is 0 Å². The van der Waals surface area contributed by atoms with Crippen molar-refractivity contribution in [3.8, 4) is 0 Å². The Balaban J connectivity index is 1.35. The largest absolute Gasteiger partial charge is 0.387 e. The maximum absolute atomic E-state index is 12.3. The third kappa shape index (κ3) is 5.53. The van der Waals surface area contributed by atoms with Gasteiger partial charge in [-0.1, -0.05) is 30.3 Å². The van der Waals surface area contributed by atoms with Crippen molar-refractivity contribution < 1.29 is 9.90 Å². The summed E-state index contributed by atoms with van der Waals surface area (Å²) in [5.74, 6) is 0.321. The van der Waals surface area contributed by atoms with E-state index in [1.807, 2.05) is 35.2 Å². The number of amides is 1. The summed E-state index contributed by atoms with van der Waals surface area (Å²) in [5, 5.41) is 10.4. The zero-order chi connectivity index (χ0) is 17.5. The molecule has 0 bridgehead atoms. The highest BCUT2D eigenvalue weighted by molar-refractivity contribution is 5.76. The van der Waals surface area contributed by atoms with Crippen LogP contribution >= 0.6 is 0 Å². The van der Waals surface area contributed by atoms with Crippen molar-refractivity contribution in [3.05, 3.63) is 35.9 Å². The number of likely N-dealkylation sites (tertiary alicyclic amines) is 1. The zero-order valence-corrected chi connectivity index (χ0v) is 15.1. The van der Waals surface area contributed by atoms with Crippen molar-refractivity contribution in [2.75, 3.05) is 52.4 Å². The van der Waals surface area contributed by atoms with Crippen molar-refractivity contribution >= 4 is 5.91 Å². The minimum Gasteiger partial charge on any atom is -0.387 e. The van der Waals surface area contributed by atoms with Gasteiger partial charge in [-0.2, -0.15) is 0 Å². The molecule has 2 aliphatic heterocycles. The Labute approximate surface area is 151 Å². The third-order valence-electron chi connectivity index (χ3n) is 5.43. The van der Waals surface area contributed by atoms with Crippen LogP contribution in [0.15, 0.2) is 30.3 Å². The molecule has 0 aromatic heterocycles. The van der Waals surface area contributed by atoms with E-state index in [2.05, 4.69) is 9.80 Å². The first-order chi connectivity index (χ1) is 12.2. The predicted molar refractivity (Wildman–Crippen MR) is 99.3 cm³/mol. The van der Waals surface area contributed by atoms with E-state index in [-0.39, 0.29) is 0 Å². The number of piperazine rings is 1. The fourth-order valence-electron chi connectivity index (χ4n) is 3.78. The number of hydrogen-bond acceptors (Lipinski definition) is 4. The lowest BCUT2D eigenvalue weighted by Gasteiger charge is -2.36. The fourth-order valence-corrected chi connectivity index (χ4v) is 3.78. The first-order valence-corrected chi connectivity index (χ1v) is 9.68. The standard InChI is InChI=1S/C20H31N3O2/c24-19(18-7-3-1-4-8-18)17-22-15-13-21(14-16-22)12-9-20(25)23-10-5-2-6-11-23/h1,3-4,7-8,19,24H,2,5-6,9-17H2/t19-/m0/s1. The van der Waals surface area contributed by atoms with Gasteiger partial charge in [-0.25, -0.2) is 0 Å². The van der Waals surface area contributed by atoms with Crippen LogP contribution in [0.5, 0.6) is 0 Å². The van der Waals surface area contributed by atoms with Crippen LogP contribution in [0, 0.1) is 0 Å². The van der Waals surface area contributed by atoms with Gasteiger partial charge in [0.15, 0.2) is 0 Å². The quantitative estimate of drug-likeness (QED) is 0.853. The predicted octanol–water partition coefficient (Wildman–Crippen LogP) is 1.74. The normalized spacial score (nSPS) is 21.2. The molecule has 1 amide bonds. The van der Waals surface area contributed by atoms with Gasteiger partial charge in [-0.3, -0.25) is 9.69 Å². The first kappa shape index (κ1) is 18.4. The van der Waals surface area contributed by atoms with E-state index >= 15 is 0 Å². The summed E-state index contributed by atoms with van der Waals surface area (Å²) in [5.41, 5.74) is 0.983. The average Bonchev–Trinajstić information content (AvgIpc) is 2.68. The second kappa shape index (κ2) is 9.32. The summed E-state index contributed by atoms with van der Waals surface area (Å²) in [6.07, 6.45) is 3.81. The van der Waals surface area contributed by atoms with Crippen molar-refractivity contribution in [1.29, 1.82) is 0 Å². The summed E-state index contributed by atoms with van der Waals surface area (Å²) in [6, 6.07) is 9.87. The van der Waals surface area contributed by atoms with Crippen LogP contribution in [0.25, 0.3) is 0 Å². The molecule has 0 spiro atoms. The number of carbonyl (C=O) groups excluding carboxylic acids is 1. The second-order valence-corrected chi connectivity index (χ2v) is 7.26. The van der Waals surface area contributed by atoms with E-state index in [1.165, 1.54) is 6.42 Å². The average molecular weight is 345 g/mol. The number of nitrogens with zero attached hydrogens (tertiary/aromatic N) is 3. The van der Waals surface area contributed by atoms with Gasteiger partial charge in [0, 0.05) is 58.8 Å². The van der Waals surface area contributed by atoms with Gasteiger partial charge in [0.2, 0.25) is 5.91 Å². The molecule has 0 aliphatic carbocycles. The van der Waals surface area contributed by atoms with Crippen LogP contribution in [-0.2, 0) is 4.79 Å². The second-order valence-electron chi connectivity index (χ2n) is 7.26. The van der Waals surface area contributed by atoms with Crippen LogP contribution in [0.3, 0.4) is 0 Å². The molecular weight excluding hydrogens is 314 g/mol. The molecule has 2 aliphatic rings. The highest BCUT2D eigenvalue weighted by atomic mass is 16.3. The van der Waals surface area contributed by atoms with Gasteiger partial charge in [0.1, 0.15) is 0 Å². The maximum atomic E-state index is 12.3. The molecule has 2 heterocycles. The molecule has 5 nitrogen and oxygen atoms in total. The van der Waals surface area contributed by atoms with E-state index in [4.69, 9.17) is 0 Å². The summed E-state index contributed by atoms with van der Waals surface area (Å²) in [4.78, 5) is 19.0. The number of hydrogen-bond donors (Lipinski definition) is 1. The number of aliphatic hydroxyl groups excluding tert-OH is 1. The molecule has 0 saturated carbocycles. The third-order valence-corrected chi connectivity index (χ3v) is 5.43. The molecule has 1 N–H and O–H groups in total. The number of β-amino-alcohol motifs (C(OH)–C–C–N with tert-alkyl or cyclic N) is 1. The first-order valence-electron chi connectivity index (χ1n) is 9.68. The van der Waals surface area contributed by atoms with Gasteiger partial charge in [0.25, 0.3) is 0 Å². The molecule has 0 unspecified atom stereocenters. The molecule has 25 heavy (non-hydrogen) atoms. The van der Waals surface area contributed by atoms with Crippen LogP contribution in [0.2, 0.25) is 0 Å². The van der Waals surface area contributed by atoms with Gasteiger partial charge in [0.05, 0.1) is 6.10 Å². The van der Waals surface area contributed by atoms with E-state index in [9.17, 15) is 9.90 Å².